The second-order valence-corrected chi connectivity index (χ2v) is 4.28. The summed E-state index contributed by atoms with van der Waals surface area (Å²) in [5.74, 6) is 0.936. The molecule has 0 saturated heterocycles. The molecule has 0 aromatic carbocycles. The van der Waals surface area contributed by atoms with Gasteiger partial charge in [0.2, 0.25) is 0 Å². The summed E-state index contributed by atoms with van der Waals surface area (Å²) < 4.78 is 5.49. The Morgan fingerprint density at radius 2 is 2.26 bits per heavy atom. The molecule has 19 heavy (non-hydrogen) atoms. The van der Waals surface area contributed by atoms with Gasteiger partial charge < -0.3 is 20.6 Å². The van der Waals surface area contributed by atoms with E-state index in [0.717, 1.165) is 11.5 Å². The van der Waals surface area contributed by atoms with Crippen LogP contribution in [-0.2, 0) is 0 Å². The number of nitrogen functional groups attached to an aromatic ring is 1. The summed E-state index contributed by atoms with van der Waals surface area (Å²) in [5, 5.41) is 12.1. The minimum absolute atomic E-state index is 0.0281. The molecule has 0 aliphatic carbocycles. The number of carboxylic acids is 1. The number of furan rings is 1. The number of carbonyl (C=O) groups is 1. The smallest absolute Gasteiger partial charge is 0.337 e. The van der Waals surface area contributed by atoms with Crippen molar-refractivity contribution in [2.75, 3.05) is 11.1 Å². The lowest BCUT2D eigenvalue weighted by Crippen LogP contribution is -2.10. The third-order valence-electron chi connectivity index (χ3n) is 2.72. The molecule has 2 heterocycles. The minimum atomic E-state index is -1.08. The van der Waals surface area contributed by atoms with Crippen molar-refractivity contribution >= 4 is 17.5 Å². The molecule has 1 unspecified atom stereocenters. The van der Waals surface area contributed by atoms with Crippen molar-refractivity contribution in [3.8, 4) is 0 Å². The third kappa shape index (κ3) is 2.85. The van der Waals surface area contributed by atoms with E-state index in [2.05, 4.69) is 10.3 Å². The molecule has 4 N–H and O–H groups in total. The number of nitrogens with zero attached hydrogens (tertiary/aromatic N) is 1. The Kier molecular flexibility index (Phi) is 3.41. The fourth-order valence-electron chi connectivity index (χ4n) is 1.71. The van der Waals surface area contributed by atoms with E-state index in [4.69, 9.17) is 15.3 Å². The first-order chi connectivity index (χ1) is 8.97. The van der Waals surface area contributed by atoms with Crippen molar-refractivity contribution in [1.29, 1.82) is 0 Å². The number of rotatable bonds is 4. The lowest BCUT2D eigenvalue weighted by Gasteiger charge is -2.13. The van der Waals surface area contributed by atoms with E-state index >= 15 is 0 Å². The molecule has 0 radical (unpaired) electrons. The van der Waals surface area contributed by atoms with Crippen molar-refractivity contribution in [3.05, 3.63) is 41.5 Å². The van der Waals surface area contributed by atoms with Gasteiger partial charge in [-0.25, -0.2) is 9.78 Å². The molecule has 0 fully saturated rings. The summed E-state index contributed by atoms with van der Waals surface area (Å²) in [6.07, 6.45) is 1.33. The van der Waals surface area contributed by atoms with E-state index in [-0.39, 0.29) is 17.3 Å². The van der Waals surface area contributed by atoms with Crippen molar-refractivity contribution in [1.82, 2.24) is 4.98 Å². The summed E-state index contributed by atoms with van der Waals surface area (Å²) in [6.45, 7) is 3.76. The second-order valence-electron chi connectivity index (χ2n) is 4.28. The van der Waals surface area contributed by atoms with Crippen LogP contribution in [0.25, 0.3) is 0 Å². The summed E-state index contributed by atoms with van der Waals surface area (Å²) in [4.78, 5) is 15.0. The van der Waals surface area contributed by atoms with E-state index in [1.54, 1.807) is 0 Å². The second kappa shape index (κ2) is 5.01. The summed E-state index contributed by atoms with van der Waals surface area (Å²) >= 11 is 0. The van der Waals surface area contributed by atoms with Gasteiger partial charge in [-0.2, -0.15) is 0 Å². The molecule has 2 rings (SSSR count). The molecule has 0 aliphatic heterocycles. The molecular weight excluding hydrogens is 246 g/mol. The van der Waals surface area contributed by atoms with Crippen LogP contribution in [0.4, 0.5) is 11.5 Å². The average molecular weight is 261 g/mol. The first-order valence-electron chi connectivity index (χ1n) is 5.79. The normalized spacial score (nSPS) is 12.1. The number of nitrogens with two attached hydrogens (primary N) is 1. The molecule has 1 atom stereocenters. The lowest BCUT2D eigenvalue weighted by molar-refractivity contribution is 0.0698. The quantitative estimate of drug-likeness (QED) is 0.781. The van der Waals surface area contributed by atoms with Gasteiger partial charge in [-0.05, 0) is 32.0 Å². The van der Waals surface area contributed by atoms with Gasteiger partial charge in [0.1, 0.15) is 17.3 Å². The van der Waals surface area contributed by atoms with Gasteiger partial charge in [0, 0.05) is 0 Å². The van der Waals surface area contributed by atoms with Crippen LogP contribution in [-0.4, -0.2) is 16.1 Å². The van der Waals surface area contributed by atoms with Crippen molar-refractivity contribution in [3.63, 3.8) is 0 Å². The largest absolute Gasteiger partial charge is 0.478 e. The Labute approximate surface area is 110 Å². The SMILES string of the molecule is Cc1ccc(C(C)Nc2cc(C(=O)O)c(N)cn2)o1. The highest BCUT2D eigenvalue weighted by atomic mass is 16.4. The Bertz CT molecular complexity index is 607. The third-order valence-corrected chi connectivity index (χ3v) is 2.72. The average Bonchev–Trinajstić information content (AvgIpc) is 2.78. The van der Waals surface area contributed by atoms with Crippen LogP contribution in [0.2, 0.25) is 0 Å². The van der Waals surface area contributed by atoms with E-state index in [0.29, 0.717) is 5.82 Å². The predicted octanol–water partition coefficient (Wildman–Crippen LogP) is 2.44. The lowest BCUT2D eigenvalue weighted by atomic mass is 10.2. The van der Waals surface area contributed by atoms with E-state index in [9.17, 15) is 4.79 Å². The van der Waals surface area contributed by atoms with Gasteiger partial charge in [0.25, 0.3) is 0 Å². The zero-order valence-corrected chi connectivity index (χ0v) is 10.7. The number of pyridine rings is 1. The fraction of sp³-hybridized carbons (Fsp3) is 0.231. The summed E-state index contributed by atoms with van der Waals surface area (Å²) in [5.41, 5.74) is 5.71. The zero-order valence-electron chi connectivity index (χ0n) is 10.7. The first-order valence-corrected chi connectivity index (χ1v) is 5.79. The molecular formula is C13H15N3O3. The van der Waals surface area contributed by atoms with Crippen LogP contribution in [0.5, 0.6) is 0 Å². The molecule has 6 heteroatoms. The van der Waals surface area contributed by atoms with Gasteiger partial charge in [-0.1, -0.05) is 0 Å². The summed E-state index contributed by atoms with van der Waals surface area (Å²) in [6, 6.07) is 5.02. The van der Waals surface area contributed by atoms with E-state index < -0.39 is 5.97 Å². The first kappa shape index (κ1) is 12.9. The van der Waals surface area contributed by atoms with E-state index in [1.165, 1.54) is 12.3 Å². The fourth-order valence-corrected chi connectivity index (χ4v) is 1.71. The molecule has 2 aromatic rings. The number of aromatic carboxylic acids is 1. The van der Waals surface area contributed by atoms with Gasteiger partial charge in [-0.15, -0.1) is 0 Å². The molecule has 0 spiro atoms. The standard InChI is InChI=1S/C13H15N3O3/c1-7-3-4-11(19-7)8(2)16-12-5-9(13(17)18)10(14)6-15-12/h3-6,8H,14H2,1-2H3,(H,15,16)(H,17,18). The van der Waals surface area contributed by atoms with Gasteiger partial charge in [-0.3, -0.25) is 0 Å². The van der Waals surface area contributed by atoms with Crippen molar-refractivity contribution < 1.29 is 14.3 Å². The number of anilines is 2. The highest BCUT2D eigenvalue weighted by Gasteiger charge is 2.13. The van der Waals surface area contributed by atoms with Gasteiger partial charge in [0.05, 0.1) is 23.5 Å². The number of hydrogen-bond acceptors (Lipinski definition) is 5. The molecule has 6 nitrogen and oxygen atoms in total. The highest BCUT2D eigenvalue weighted by molar-refractivity contribution is 5.94. The van der Waals surface area contributed by atoms with Crippen LogP contribution in [0, 0.1) is 6.92 Å². The maximum atomic E-state index is 11.0. The van der Waals surface area contributed by atoms with Gasteiger partial charge in [0.15, 0.2) is 0 Å². The highest BCUT2D eigenvalue weighted by Crippen LogP contribution is 2.22. The van der Waals surface area contributed by atoms with Crippen molar-refractivity contribution in [2.24, 2.45) is 0 Å². The van der Waals surface area contributed by atoms with Crippen LogP contribution in [0.3, 0.4) is 0 Å². The molecule has 0 amide bonds. The number of aromatic nitrogens is 1. The molecule has 0 saturated carbocycles. The monoisotopic (exact) mass is 261 g/mol. The molecule has 100 valence electrons. The zero-order chi connectivity index (χ0) is 14.0. The number of aryl methyl sites for hydroxylation is 1. The van der Waals surface area contributed by atoms with Crippen LogP contribution >= 0.6 is 0 Å². The Hall–Kier alpha value is -2.50. The van der Waals surface area contributed by atoms with Gasteiger partial charge >= 0.3 is 5.97 Å². The Morgan fingerprint density at radius 1 is 1.53 bits per heavy atom. The maximum Gasteiger partial charge on any atom is 0.337 e. The summed E-state index contributed by atoms with van der Waals surface area (Å²) in [7, 11) is 0. The predicted molar refractivity (Wildman–Crippen MR) is 71.1 cm³/mol. The molecule has 0 aliphatic rings. The Morgan fingerprint density at radius 3 is 2.84 bits per heavy atom. The van der Waals surface area contributed by atoms with Crippen LogP contribution in [0.1, 0.15) is 34.8 Å². The Balaban J connectivity index is 2.19. The number of hydrogen-bond donors (Lipinski definition) is 3. The molecule has 0 bridgehead atoms. The minimum Gasteiger partial charge on any atom is -0.478 e. The van der Waals surface area contributed by atoms with Crippen LogP contribution < -0.4 is 11.1 Å². The number of carboxylic acid groups (broad SMARTS) is 1. The maximum absolute atomic E-state index is 11.0. The van der Waals surface area contributed by atoms with Crippen molar-refractivity contribution in [2.45, 2.75) is 19.9 Å². The van der Waals surface area contributed by atoms with Crippen LogP contribution in [0.15, 0.2) is 28.8 Å². The molecule has 2 aromatic heterocycles. The number of nitrogens with one attached hydrogen (secondary N) is 1. The topological polar surface area (TPSA) is 101 Å². The van der Waals surface area contributed by atoms with E-state index in [1.807, 2.05) is 26.0 Å².